The molecule has 1 aromatic carbocycles. The van der Waals surface area contributed by atoms with Gasteiger partial charge in [-0.3, -0.25) is 0 Å². The summed E-state index contributed by atoms with van der Waals surface area (Å²) in [4.78, 5) is 5.89. The van der Waals surface area contributed by atoms with Crippen LogP contribution in [0.2, 0.25) is 0 Å². The number of nitrogens with one attached hydrogen (secondary N) is 1. The molecule has 118 valence electrons. The van der Waals surface area contributed by atoms with E-state index < -0.39 is 5.60 Å². The third-order valence-electron chi connectivity index (χ3n) is 4.22. The molecular formula is C17H21FN2OS. The fourth-order valence-electron chi connectivity index (χ4n) is 2.97. The van der Waals surface area contributed by atoms with Crippen molar-refractivity contribution in [2.75, 3.05) is 6.54 Å². The highest BCUT2D eigenvalue weighted by Gasteiger charge is 2.28. The first-order chi connectivity index (χ1) is 10.5. The highest BCUT2D eigenvalue weighted by molar-refractivity contribution is 7.11. The van der Waals surface area contributed by atoms with E-state index in [0.717, 1.165) is 29.8 Å². The molecule has 0 spiro atoms. The monoisotopic (exact) mass is 320 g/mol. The van der Waals surface area contributed by atoms with Gasteiger partial charge in [0.25, 0.3) is 0 Å². The van der Waals surface area contributed by atoms with Crippen molar-refractivity contribution in [1.29, 1.82) is 0 Å². The van der Waals surface area contributed by atoms with Gasteiger partial charge < -0.3 is 10.4 Å². The van der Waals surface area contributed by atoms with Crippen LogP contribution in [-0.2, 0) is 12.0 Å². The largest absolute Gasteiger partial charge is 0.384 e. The predicted molar refractivity (Wildman–Crippen MR) is 86.5 cm³/mol. The number of halogens is 1. The van der Waals surface area contributed by atoms with Gasteiger partial charge in [-0.15, -0.1) is 11.3 Å². The molecule has 2 N–H and O–H groups in total. The number of aryl methyl sites for hydroxylation is 2. The SMILES string of the molecule is Cc1nc2c(s1)[C@H](NC[C@@](C)(O)c1ccc(F)cc1)CCC2. The van der Waals surface area contributed by atoms with Crippen LogP contribution in [0.15, 0.2) is 24.3 Å². The van der Waals surface area contributed by atoms with Crippen LogP contribution in [0, 0.1) is 12.7 Å². The lowest BCUT2D eigenvalue weighted by Crippen LogP contribution is -2.38. The summed E-state index contributed by atoms with van der Waals surface area (Å²) in [5.41, 5.74) is 0.899. The molecule has 0 bridgehead atoms. The molecule has 0 unspecified atom stereocenters. The van der Waals surface area contributed by atoms with Gasteiger partial charge in [0.15, 0.2) is 0 Å². The first-order valence-electron chi connectivity index (χ1n) is 7.64. The number of hydrogen-bond donors (Lipinski definition) is 2. The zero-order chi connectivity index (χ0) is 15.7. The van der Waals surface area contributed by atoms with Gasteiger partial charge in [-0.05, 0) is 50.8 Å². The number of nitrogens with zero attached hydrogens (tertiary/aromatic N) is 1. The van der Waals surface area contributed by atoms with E-state index >= 15 is 0 Å². The molecule has 1 aliphatic carbocycles. The van der Waals surface area contributed by atoms with Crippen LogP contribution in [0.25, 0.3) is 0 Å². The summed E-state index contributed by atoms with van der Waals surface area (Å²) in [6.07, 6.45) is 3.23. The van der Waals surface area contributed by atoms with Crippen LogP contribution in [0.3, 0.4) is 0 Å². The molecule has 0 saturated heterocycles. The fourth-order valence-corrected chi connectivity index (χ4v) is 4.05. The summed E-state index contributed by atoms with van der Waals surface area (Å²) in [5.74, 6) is -0.287. The van der Waals surface area contributed by atoms with Crippen LogP contribution in [-0.4, -0.2) is 16.6 Å². The number of aliphatic hydroxyl groups is 1. The van der Waals surface area contributed by atoms with E-state index in [4.69, 9.17) is 0 Å². The number of hydrogen-bond acceptors (Lipinski definition) is 4. The second kappa shape index (κ2) is 6.07. The number of fused-ring (bicyclic) bond motifs is 1. The number of thiazole rings is 1. The van der Waals surface area contributed by atoms with Gasteiger partial charge >= 0.3 is 0 Å². The first-order valence-corrected chi connectivity index (χ1v) is 8.45. The summed E-state index contributed by atoms with van der Waals surface area (Å²) >= 11 is 1.74. The number of benzene rings is 1. The van der Waals surface area contributed by atoms with Crippen LogP contribution in [0.4, 0.5) is 4.39 Å². The summed E-state index contributed by atoms with van der Waals surface area (Å²) < 4.78 is 13.0. The van der Waals surface area contributed by atoms with Crippen molar-refractivity contribution >= 4 is 11.3 Å². The molecule has 0 aliphatic heterocycles. The molecule has 2 atom stereocenters. The zero-order valence-electron chi connectivity index (χ0n) is 12.9. The summed E-state index contributed by atoms with van der Waals surface area (Å²) in [6.45, 7) is 4.23. The number of rotatable bonds is 4. The Labute approximate surface area is 134 Å². The molecule has 1 aromatic heterocycles. The van der Waals surface area contributed by atoms with Gasteiger partial charge in [-0.1, -0.05) is 12.1 Å². The van der Waals surface area contributed by atoms with Crippen molar-refractivity contribution < 1.29 is 9.50 Å². The highest BCUT2D eigenvalue weighted by Crippen LogP contribution is 2.34. The minimum Gasteiger partial charge on any atom is -0.384 e. The molecule has 0 amide bonds. The molecule has 3 nitrogen and oxygen atoms in total. The van der Waals surface area contributed by atoms with E-state index in [2.05, 4.69) is 10.3 Å². The van der Waals surface area contributed by atoms with Crippen molar-refractivity contribution in [3.63, 3.8) is 0 Å². The first kappa shape index (κ1) is 15.6. The van der Waals surface area contributed by atoms with Gasteiger partial charge in [0.1, 0.15) is 5.82 Å². The van der Waals surface area contributed by atoms with Gasteiger partial charge in [-0.25, -0.2) is 9.37 Å². The lowest BCUT2D eigenvalue weighted by molar-refractivity contribution is 0.0531. The maximum Gasteiger partial charge on any atom is 0.123 e. The lowest BCUT2D eigenvalue weighted by atomic mass is 9.93. The predicted octanol–water partition coefficient (Wildman–Crippen LogP) is 3.47. The Morgan fingerprint density at radius 2 is 2.14 bits per heavy atom. The van der Waals surface area contributed by atoms with E-state index in [9.17, 15) is 9.50 Å². The van der Waals surface area contributed by atoms with Crippen LogP contribution >= 0.6 is 11.3 Å². The van der Waals surface area contributed by atoms with Crippen molar-refractivity contribution in [3.05, 3.63) is 51.2 Å². The summed E-state index contributed by atoms with van der Waals surface area (Å²) in [5, 5.41) is 15.2. The second-order valence-corrected chi connectivity index (χ2v) is 7.39. The van der Waals surface area contributed by atoms with Crippen LogP contribution in [0.1, 0.15) is 46.9 Å². The average molecular weight is 320 g/mol. The van der Waals surface area contributed by atoms with Crippen molar-refractivity contribution in [2.24, 2.45) is 0 Å². The maximum absolute atomic E-state index is 13.0. The molecule has 5 heteroatoms. The fraction of sp³-hybridized carbons (Fsp3) is 0.471. The normalized spacial score (nSPS) is 20.5. The van der Waals surface area contributed by atoms with Gasteiger partial charge in [0.2, 0.25) is 0 Å². The van der Waals surface area contributed by atoms with Gasteiger partial charge in [-0.2, -0.15) is 0 Å². The molecule has 2 aromatic rings. The Hall–Kier alpha value is -1.30. The molecule has 0 fully saturated rings. The smallest absolute Gasteiger partial charge is 0.123 e. The topological polar surface area (TPSA) is 45.2 Å². The zero-order valence-corrected chi connectivity index (χ0v) is 13.7. The third-order valence-corrected chi connectivity index (χ3v) is 5.34. The van der Waals surface area contributed by atoms with Crippen molar-refractivity contribution in [1.82, 2.24) is 10.3 Å². The summed E-state index contributed by atoms with van der Waals surface area (Å²) in [7, 11) is 0. The van der Waals surface area contributed by atoms with E-state index in [1.165, 1.54) is 22.7 Å². The van der Waals surface area contributed by atoms with Crippen molar-refractivity contribution in [2.45, 2.75) is 44.8 Å². The molecule has 1 heterocycles. The Morgan fingerprint density at radius 1 is 1.41 bits per heavy atom. The highest BCUT2D eigenvalue weighted by atomic mass is 32.1. The molecule has 0 saturated carbocycles. The summed E-state index contributed by atoms with van der Waals surface area (Å²) in [6, 6.07) is 6.30. The Balaban J connectivity index is 1.71. The maximum atomic E-state index is 13.0. The van der Waals surface area contributed by atoms with E-state index in [1.807, 2.05) is 6.92 Å². The standard InChI is InChI=1S/C17H21FN2OS/c1-11-20-15-5-3-4-14(16(15)22-11)19-10-17(2,21)12-6-8-13(18)9-7-12/h6-9,14,19,21H,3-5,10H2,1-2H3/t14-,17-/m1/s1. The van der Waals surface area contributed by atoms with Gasteiger partial charge in [0, 0.05) is 17.5 Å². The van der Waals surface area contributed by atoms with Crippen LogP contribution in [0.5, 0.6) is 0 Å². The van der Waals surface area contributed by atoms with Crippen molar-refractivity contribution in [3.8, 4) is 0 Å². The molecular weight excluding hydrogens is 299 g/mol. The number of aromatic nitrogens is 1. The van der Waals surface area contributed by atoms with Gasteiger partial charge in [0.05, 0.1) is 16.3 Å². The molecule has 0 radical (unpaired) electrons. The average Bonchev–Trinajstić information content (AvgIpc) is 2.86. The Morgan fingerprint density at radius 3 is 2.86 bits per heavy atom. The van der Waals surface area contributed by atoms with E-state index in [0.29, 0.717) is 6.54 Å². The third kappa shape index (κ3) is 3.21. The molecule has 1 aliphatic rings. The lowest BCUT2D eigenvalue weighted by Gasteiger charge is -2.29. The minimum atomic E-state index is -1.02. The molecule has 3 rings (SSSR count). The Bertz CT molecular complexity index is 651. The minimum absolute atomic E-state index is 0.252. The van der Waals surface area contributed by atoms with E-state index in [1.54, 1.807) is 30.4 Å². The van der Waals surface area contributed by atoms with E-state index in [-0.39, 0.29) is 11.9 Å². The quantitative estimate of drug-likeness (QED) is 0.907. The second-order valence-electron chi connectivity index (χ2n) is 6.15. The van der Waals surface area contributed by atoms with Crippen LogP contribution < -0.4 is 5.32 Å². The molecule has 22 heavy (non-hydrogen) atoms. The Kier molecular flexibility index (Phi) is 4.30.